The molecule has 1 nitrogen and oxygen atoms in total. The van der Waals surface area contributed by atoms with Crippen molar-refractivity contribution in [1.82, 2.24) is 5.32 Å². The van der Waals surface area contributed by atoms with Crippen LogP contribution in [-0.4, -0.2) is 6.54 Å². The van der Waals surface area contributed by atoms with Gasteiger partial charge in [-0.1, -0.05) is 44.9 Å². The maximum Gasteiger partial charge on any atom is 0.0374 e. The van der Waals surface area contributed by atoms with Gasteiger partial charge >= 0.3 is 0 Å². The average molecular weight is 271 g/mol. The summed E-state index contributed by atoms with van der Waals surface area (Å²) in [4.78, 5) is 0. The third-order valence-corrected chi connectivity index (χ3v) is 5.56. The van der Waals surface area contributed by atoms with Crippen LogP contribution in [0.3, 0.4) is 0 Å². The number of hydrogen-bond acceptors (Lipinski definition) is 1. The quantitative estimate of drug-likeness (QED) is 0.829. The number of benzene rings is 1. The third kappa shape index (κ3) is 2.65. The molecule has 0 spiro atoms. The van der Waals surface area contributed by atoms with E-state index >= 15 is 0 Å². The third-order valence-electron chi connectivity index (χ3n) is 5.56. The van der Waals surface area contributed by atoms with Gasteiger partial charge in [0.2, 0.25) is 0 Å². The summed E-state index contributed by atoms with van der Waals surface area (Å²) in [7, 11) is 0. The molecule has 0 bridgehead atoms. The number of nitrogens with one attached hydrogen (secondary N) is 1. The second kappa shape index (κ2) is 5.89. The Morgan fingerprint density at radius 3 is 2.45 bits per heavy atom. The molecule has 1 saturated carbocycles. The molecule has 0 saturated heterocycles. The Hall–Kier alpha value is -0.820. The molecule has 1 heteroatoms. The number of aryl methyl sites for hydroxylation is 2. The summed E-state index contributed by atoms with van der Waals surface area (Å²) in [5, 5.41) is 3.79. The molecule has 1 unspecified atom stereocenters. The fraction of sp³-hybridized carbons (Fsp3) is 0.684. The molecule has 3 rings (SSSR count). The predicted molar refractivity (Wildman–Crippen MR) is 86.1 cm³/mol. The fourth-order valence-electron chi connectivity index (χ4n) is 4.38. The maximum absolute atomic E-state index is 3.79. The van der Waals surface area contributed by atoms with E-state index in [-0.39, 0.29) is 0 Å². The van der Waals surface area contributed by atoms with Gasteiger partial charge in [-0.3, -0.25) is 0 Å². The minimum atomic E-state index is 0.457. The molecular weight excluding hydrogens is 242 g/mol. The molecule has 1 aromatic carbocycles. The van der Waals surface area contributed by atoms with Gasteiger partial charge in [-0.15, -0.1) is 0 Å². The van der Waals surface area contributed by atoms with Crippen molar-refractivity contribution in [2.24, 2.45) is 5.41 Å². The minimum absolute atomic E-state index is 0.457. The number of rotatable bonds is 4. The normalized spacial score (nSPS) is 22.5. The van der Waals surface area contributed by atoms with Gasteiger partial charge < -0.3 is 5.32 Å². The van der Waals surface area contributed by atoms with E-state index in [2.05, 4.69) is 37.4 Å². The van der Waals surface area contributed by atoms with Crippen molar-refractivity contribution >= 4 is 0 Å². The second-order valence-corrected chi connectivity index (χ2v) is 7.09. The van der Waals surface area contributed by atoms with Crippen molar-refractivity contribution in [1.29, 1.82) is 0 Å². The van der Waals surface area contributed by atoms with E-state index in [1.807, 2.05) is 0 Å². The van der Waals surface area contributed by atoms with Gasteiger partial charge in [-0.25, -0.2) is 0 Å². The van der Waals surface area contributed by atoms with Gasteiger partial charge in [0.1, 0.15) is 0 Å². The van der Waals surface area contributed by atoms with Gasteiger partial charge in [0, 0.05) is 6.04 Å². The van der Waals surface area contributed by atoms with Crippen LogP contribution in [0.5, 0.6) is 0 Å². The lowest BCUT2D eigenvalue weighted by atomic mass is 9.76. The molecule has 0 aliphatic heterocycles. The first kappa shape index (κ1) is 14.1. The van der Waals surface area contributed by atoms with Crippen LogP contribution < -0.4 is 5.32 Å². The Labute approximate surface area is 124 Å². The van der Waals surface area contributed by atoms with Crippen LogP contribution in [0.4, 0.5) is 0 Å². The Bertz CT molecular complexity index is 457. The molecule has 0 aromatic heterocycles. The van der Waals surface area contributed by atoms with Crippen molar-refractivity contribution in [2.75, 3.05) is 6.54 Å². The minimum Gasteiger partial charge on any atom is -0.310 e. The van der Waals surface area contributed by atoms with Crippen LogP contribution in [0.15, 0.2) is 18.2 Å². The van der Waals surface area contributed by atoms with E-state index in [0.717, 1.165) is 6.54 Å². The Kier molecular flexibility index (Phi) is 4.16. The van der Waals surface area contributed by atoms with Crippen LogP contribution in [-0.2, 0) is 12.8 Å². The Balaban J connectivity index is 1.91. The summed E-state index contributed by atoms with van der Waals surface area (Å²) in [6, 6.07) is 7.88. The largest absolute Gasteiger partial charge is 0.310 e. The van der Waals surface area contributed by atoms with Crippen molar-refractivity contribution in [2.45, 2.75) is 71.3 Å². The van der Waals surface area contributed by atoms with E-state index in [0.29, 0.717) is 11.5 Å². The molecule has 1 fully saturated rings. The van der Waals surface area contributed by atoms with Crippen molar-refractivity contribution in [3.63, 3.8) is 0 Å². The summed E-state index contributed by atoms with van der Waals surface area (Å²) in [5.41, 5.74) is 5.22. The number of fused-ring (bicyclic) bond motifs is 1. The monoisotopic (exact) mass is 271 g/mol. The summed E-state index contributed by atoms with van der Waals surface area (Å²) in [6.07, 6.45) is 10.9. The van der Waals surface area contributed by atoms with Crippen LogP contribution >= 0.6 is 0 Å². The molecular formula is C19H29N. The zero-order valence-electron chi connectivity index (χ0n) is 13.2. The lowest BCUT2D eigenvalue weighted by Crippen LogP contribution is -2.34. The maximum atomic E-state index is 3.79. The molecule has 1 N–H and O–H groups in total. The van der Waals surface area contributed by atoms with Crippen LogP contribution in [0.1, 0.15) is 75.1 Å². The second-order valence-electron chi connectivity index (χ2n) is 7.09. The summed E-state index contributed by atoms with van der Waals surface area (Å²) in [5.74, 6) is 0. The van der Waals surface area contributed by atoms with Crippen molar-refractivity contribution in [3.05, 3.63) is 34.9 Å². The highest BCUT2D eigenvalue weighted by molar-refractivity contribution is 5.36. The summed E-state index contributed by atoms with van der Waals surface area (Å²) < 4.78 is 0. The molecule has 0 radical (unpaired) electrons. The first-order chi connectivity index (χ1) is 9.73. The lowest BCUT2D eigenvalue weighted by molar-refractivity contribution is 0.226. The van der Waals surface area contributed by atoms with E-state index in [1.165, 1.54) is 56.9 Å². The molecule has 20 heavy (non-hydrogen) atoms. The molecule has 1 aromatic rings. The standard InChI is InChI=1S/C19H29N/c1-3-20-18(19(2)12-6-7-13-19)17-11-10-15-8-4-5-9-16(15)14-17/h10-11,14,18,20H,3-9,12-13H2,1-2H3. The lowest BCUT2D eigenvalue weighted by Gasteiger charge is -2.36. The SMILES string of the molecule is CCNC(c1ccc2c(c1)CCCC2)C1(C)CCCC1. The highest BCUT2D eigenvalue weighted by Gasteiger charge is 2.37. The molecule has 2 aliphatic rings. The fourth-order valence-corrected chi connectivity index (χ4v) is 4.38. The first-order valence-corrected chi connectivity index (χ1v) is 8.58. The highest BCUT2D eigenvalue weighted by Crippen LogP contribution is 2.47. The summed E-state index contributed by atoms with van der Waals surface area (Å²) >= 11 is 0. The molecule has 0 amide bonds. The number of hydrogen-bond donors (Lipinski definition) is 1. The van der Waals surface area contributed by atoms with Gasteiger partial charge in [0.15, 0.2) is 0 Å². The van der Waals surface area contributed by atoms with Crippen LogP contribution in [0, 0.1) is 5.41 Å². The van der Waals surface area contributed by atoms with E-state index < -0.39 is 0 Å². The zero-order chi connectivity index (χ0) is 14.0. The molecule has 0 heterocycles. The molecule has 1 atom stereocenters. The van der Waals surface area contributed by atoms with E-state index in [1.54, 1.807) is 11.1 Å². The van der Waals surface area contributed by atoms with E-state index in [9.17, 15) is 0 Å². The first-order valence-electron chi connectivity index (χ1n) is 8.58. The molecule has 110 valence electrons. The van der Waals surface area contributed by atoms with Gasteiger partial charge in [-0.2, -0.15) is 0 Å². The van der Waals surface area contributed by atoms with Crippen LogP contribution in [0.25, 0.3) is 0 Å². The predicted octanol–water partition coefficient (Wildman–Crippen LogP) is 4.80. The smallest absolute Gasteiger partial charge is 0.0374 e. The van der Waals surface area contributed by atoms with E-state index in [4.69, 9.17) is 0 Å². The Morgan fingerprint density at radius 2 is 1.75 bits per heavy atom. The van der Waals surface area contributed by atoms with Crippen molar-refractivity contribution < 1.29 is 0 Å². The Morgan fingerprint density at radius 1 is 1.05 bits per heavy atom. The highest BCUT2D eigenvalue weighted by atomic mass is 14.9. The van der Waals surface area contributed by atoms with Crippen molar-refractivity contribution in [3.8, 4) is 0 Å². The summed E-state index contributed by atoms with van der Waals surface area (Å²) in [6.45, 7) is 5.80. The van der Waals surface area contributed by atoms with Gasteiger partial charge in [-0.05, 0) is 67.2 Å². The van der Waals surface area contributed by atoms with Gasteiger partial charge in [0.25, 0.3) is 0 Å². The van der Waals surface area contributed by atoms with Gasteiger partial charge in [0.05, 0.1) is 0 Å². The zero-order valence-corrected chi connectivity index (χ0v) is 13.2. The topological polar surface area (TPSA) is 12.0 Å². The van der Waals surface area contributed by atoms with Crippen LogP contribution in [0.2, 0.25) is 0 Å². The molecule has 2 aliphatic carbocycles. The average Bonchev–Trinajstić information content (AvgIpc) is 2.92.